The van der Waals surface area contributed by atoms with Crippen LogP contribution in [0.3, 0.4) is 0 Å². The maximum absolute atomic E-state index is 11.6. The van der Waals surface area contributed by atoms with Crippen LogP contribution >= 0.6 is 0 Å². The van der Waals surface area contributed by atoms with Crippen LogP contribution in [0.25, 0.3) is 6.08 Å². The topological polar surface area (TPSA) is 84.6 Å². The number of hydrogen-bond acceptors (Lipinski definition) is 5. The Morgan fingerprint density at radius 1 is 1.45 bits per heavy atom. The standard InChI is InChI=1S/C23H30N2O4/c1-14(2)6-5-7-21-25-20(16(4)29-21)10-11-28-18-9-8-17-12-15(3)24-22(23(26)27)19(17)13-18/h5,7-9,13-15,22,24H,6,10-12H2,1-4H3,(H,26,27)/t15-,22?/m0/s1. The summed E-state index contributed by atoms with van der Waals surface area (Å²) in [6, 6.07) is 5.15. The van der Waals surface area contributed by atoms with Crippen molar-refractivity contribution in [2.24, 2.45) is 5.92 Å². The van der Waals surface area contributed by atoms with Gasteiger partial charge in [-0.3, -0.25) is 10.1 Å². The van der Waals surface area contributed by atoms with E-state index in [1.807, 2.05) is 38.1 Å². The minimum absolute atomic E-state index is 0.134. The van der Waals surface area contributed by atoms with E-state index in [9.17, 15) is 9.90 Å². The number of ether oxygens (including phenoxy) is 1. The average molecular weight is 399 g/mol. The Morgan fingerprint density at radius 3 is 2.97 bits per heavy atom. The zero-order valence-corrected chi connectivity index (χ0v) is 17.6. The van der Waals surface area contributed by atoms with Crippen molar-refractivity contribution in [1.82, 2.24) is 10.3 Å². The fourth-order valence-corrected chi connectivity index (χ4v) is 3.54. The summed E-state index contributed by atoms with van der Waals surface area (Å²) in [6.07, 6.45) is 6.42. The van der Waals surface area contributed by atoms with E-state index in [0.29, 0.717) is 30.6 Å². The normalized spacial score (nSPS) is 18.9. The van der Waals surface area contributed by atoms with Gasteiger partial charge in [0, 0.05) is 12.5 Å². The number of nitrogens with one attached hydrogen (secondary N) is 1. The fourth-order valence-electron chi connectivity index (χ4n) is 3.54. The van der Waals surface area contributed by atoms with Gasteiger partial charge < -0.3 is 14.3 Å². The van der Waals surface area contributed by atoms with Crippen LogP contribution in [0.15, 0.2) is 28.7 Å². The Bertz CT molecular complexity index is 885. The number of allylic oxidation sites excluding steroid dienone is 1. The first-order valence-electron chi connectivity index (χ1n) is 10.2. The van der Waals surface area contributed by atoms with Gasteiger partial charge in [0.15, 0.2) is 0 Å². The SMILES string of the molecule is Cc1oc(C=CCC(C)C)nc1CCOc1ccc2c(c1)C(C(=O)O)N[C@@H](C)C2. The lowest BCUT2D eigenvalue weighted by Crippen LogP contribution is -2.41. The number of fused-ring (bicyclic) bond motifs is 1. The van der Waals surface area contributed by atoms with Crippen LogP contribution in [0.4, 0.5) is 0 Å². The quantitative estimate of drug-likeness (QED) is 0.689. The molecule has 0 radical (unpaired) electrons. The predicted molar refractivity (Wildman–Crippen MR) is 112 cm³/mol. The van der Waals surface area contributed by atoms with Crippen molar-refractivity contribution in [3.05, 3.63) is 52.7 Å². The lowest BCUT2D eigenvalue weighted by Gasteiger charge is -2.29. The third-order valence-corrected chi connectivity index (χ3v) is 5.04. The molecule has 0 saturated carbocycles. The van der Waals surface area contributed by atoms with Crippen LogP contribution < -0.4 is 10.1 Å². The molecule has 1 aliphatic rings. The molecule has 2 aromatic rings. The highest BCUT2D eigenvalue weighted by molar-refractivity contribution is 5.77. The maximum Gasteiger partial charge on any atom is 0.325 e. The van der Waals surface area contributed by atoms with Crippen LogP contribution in [0.2, 0.25) is 0 Å². The van der Waals surface area contributed by atoms with Crippen LogP contribution in [0, 0.1) is 12.8 Å². The highest BCUT2D eigenvalue weighted by atomic mass is 16.5. The van der Waals surface area contributed by atoms with Gasteiger partial charge in [-0.05, 0) is 61.9 Å². The van der Waals surface area contributed by atoms with E-state index in [0.717, 1.165) is 35.4 Å². The molecule has 6 heteroatoms. The third-order valence-electron chi connectivity index (χ3n) is 5.04. The summed E-state index contributed by atoms with van der Waals surface area (Å²) in [4.78, 5) is 16.1. The minimum atomic E-state index is -0.869. The zero-order valence-electron chi connectivity index (χ0n) is 17.6. The van der Waals surface area contributed by atoms with E-state index in [-0.39, 0.29) is 6.04 Å². The summed E-state index contributed by atoms with van der Waals surface area (Å²) in [7, 11) is 0. The molecule has 2 atom stereocenters. The first-order chi connectivity index (χ1) is 13.8. The van der Waals surface area contributed by atoms with Crippen LogP contribution in [0.1, 0.15) is 61.7 Å². The molecule has 1 aromatic heterocycles. The van der Waals surface area contributed by atoms with E-state index in [2.05, 4.69) is 30.2 Å². The molecule has 29 heavy (non-hydrogen) atoms. The molecule has 0 amide bonds. The van der Waals surface area contributed by atoms with Gasteiger partial charge in [0.2, 0.25) is 5.89 Å². The van der Waals surface area contributed by atoms with Gasteiger partial charge in [-0.25, -0.2) is 4.98 Å². The number of oxazole rings is 1. The molecule has 2 N–H and O–H groups in total. The van der Waals surface area contributed by atoms with Gasteiger partial charge in [0.05, 0.1) is 12.3 Å². The van der Waals surface area contributed by atoms with Crippen molar-refractivity contribution >= 4 is 12.0 Å². The Kier molecular flexibility index (Phi) is 6.75. The second kappa shape index (κ2) is 9.27. The Hall–Kier alpha value is -2.60. The summed E-state index contributed by atoms with van der Waals surface area (Å²) >= 11 is 0. The lowest BCUT2D eigenvalue weighted by molar-refractivity contribution is -0.140. The van der Waals surface area contributed by atoms with Gasteiger partial charge >= 0.3 is 5.97 Å². The van der Waals surface area contributed by atoms with Crippen LogP contribution in [0.5, 0.6) is 5.75 Å². The first-order valence-corrected chi connectivity index (χ1v) is 10.2. The summed E-state index contributed by atoms with van der Waals surface area (Å²) < 4.78 is 11.6. The summed E-state index contributed by atoms with van der Waals surface area (Å²) in [5.74, 6) is 1.82. The van der Waals surface area contributed by atoms with E-state index in [4.69, 9.17) is 9.15 Å². The van der Waals surface area contributed by atoms with E-state index >= 15 is 0 Å². The van der Waals surface area contributed by atoms with Crippen molar-refractivity contribution < 1.29 is 19.1 Å². The van der Waals surface area contributed by atoms with E-state index < -0.39 is 12.0 Å². The minimum Gasteiger partial charge on any atom is -0.493 e. The molecule has 0 saturated heterocycles. The molecule has 0 bridgehead atoms. The van der Waals surface area contributed by atoms with Crippen LogP contribution in [-0.2, 0) is 17.6 Å². The van der Waals surface area contributed by atoms with Gasteiger partial charge in [-0.15, -0.1) is 0 Å². The molecule has 6 nitrogen and oxygen atoms in total. The van der Waals surface area contributed by atoms with Gasteiger partial charge in [-0.2, -0.15) is 0 Å². The molecule has 2 heterocycles. The van der Waals surface area contributed by atoms with Gasteiger partial charge in [0.1, 0.15) is 17.6 Å². The van der Waals surface area contributed by atoms with E-state index in [1.165, 1.54) is 0 Å². The van der Waals surface area contributed by atoms with Gasteiger partial charge in [0.25, 0.3) is 0 Å². The molecule has 1 unspecified atom stereocenters. The molecule has 3 rings (SSSR count). The third kappa shape index (κ3) is 5.48. The summed E-state index contributed by atoms with van der Waals surface area (Å²) in [5.41, 5.74) is 2.72. The molecular weight excluding hydrogens is 368 g/mol. The summed E-state index contributed by atoms with van der Waals surface area (Å²) in [5, 5.41) is 12.6. The largest absolute Gasteiger partial charge is 0.493 e. The number of aromatic nitrogens is 1. The molecule has 1 aliphatic heterocycles. The molecule has 0 fully saturated rings. The predicted octanol–water partition coefficient (Wildman–Crippen LogP) is 4.32. The van der Waals surface area contributed by atoms with Crippen molar-refractivity contribution in [2.75, 3.05) is 6.61 Å². The lowest BCUT2D eigenvalue weighted by atomic mass is 9.90. The smallest absolute Gasteiger partial charge is 0.325 e. The number of aryl methyl sites for hydroxylation is 1. The molecule has 0 spiro atoms. The zero-order chi connectivity index (χ0) is 21.0. The van der Waals surface area contributed by atoms with Crippen LogP contribution in [-0.4, -0.2) is 28.7 Å². The second-order valence-corrected chi connectivity index (χ2v) is 8.09. The van der Waals surface area contributed by atoms with Crippen molar-refractivity contribution in [1.29, 1.82) is 0 Å². The van der Waals surface area contributed by atoms with Crippen molar-refractivity contribution in [3.8, 4) is 5.75 Å². The fraction of sp³-hybridized carbons (Fsp3) is 0.478. The number of rotatable bonds is 8. The number of hydrogen-bond donors (Lipinski definition) is 2. The molecule has 1 aromatic carbocycles. The van der Waals surface area contributed by atoms with Crippen molar-refractivity contribution in [3.63, 3.8) is 0 Å². The Balaban J connectivity index is 1.61. The number of carbonyl (C=O) groups is 1. The number of carboxylic acid groups (broad SMARTS) is 1. The molecule has 156 valence electrons. The van der Waals surface area contributed by atoms with Crippen molar-refractivity contribution in [2.45, 2.75) is 59.0 Å². The summed E-state index contributed by atoms with van der Waals surface area (Å²) in [6.45, 7) is 8.69. The highest BCUT2D eigenvalue weighted by Crippen LogP contribution is 2.29. The monoisotopic (exact) mass is 398 g/mol. The average Bonchev–Trinajstić information content (AvgIpc) is 3.00. The number of carboxylic acids is 1. The maximum atomic E-state index is 11.6. The Morgan fingerprint density at radius 2 is 2.24 bits per heavy atom. The molecule has 0 aliphatic carbocycles. The second-order valence-electron chi connectivity index (χ2n) is 8.09. The van der Waals surface area contributed by atoms with E-state index in [1.54, 1.807) is 0 Å². The first kappa shape index (κ1) is 21.1. The number of nitrogens with zero attached hydrogens (tertiary/aromatic N) is 1. The molecular formula is C23H30N2O4. The highest BCUT2D eigenvalue weighted by Gasteiger charge is 2.29. The van der Waals surface area contributed by atoms with Gasteiger partial charge in [-0.1, -0.05) is 26.0 Å². The number of aliphatic carboxylic acids is 1. The Labute approximate surface area is 172 Å². The number of benzene rings is 1.